The lowest BCUT2D eigenvalue weighted by Gasteiger charge is -2.09. The van der Waals surface area contributed by atoms with Gasteiger partial charge < -0.3 is 4.18 Å². The molecule has 0 saturated carbocycles. The van der Waals surface area contributed by atoms with E-state index in [-0.39, 0.29) is 15.7 Å². The van der Waals surface area contributed by atoms with Crippen molar-refractivity contribution in [2.45, 2.75) is 11.8 Å². The first kappa shape index (κ1) is 20.7. The van der Waals surface area contributed by atoms with Crippen LogP contribution < -0.4 is 4.18 Å². The molecule has 3 aromatic rings. The molecule has 0 amide bonds. The Morgan fingerprint density at radius 1 is 0.893 bits per heavy atom. The number of benzene rings is 3. The third-order valence-electron chi connectivity index (χ3n) is 3.78. The summed E-state index contributed by atoms with van der Waals surface area (Å²) in [6, 6.07) is 15.8. The van der Waals surface area contributed by atoms with Gasteiger partial charge in [-0.3, -0.25) is 4.99 Å². The Labute approximate surface area is 178 Å². The number of nitrogens with zero attached hydrogens (tertiary/aromatic N) is 1. The number of aryl methyl sites for hydroxylation is 1. The van der Waals surface area contributed by atoms with Gasteiger partial charge >= 0.3 is 10.1 Å². The van der Waals surface area contributed by atoms with Gasteiger partial charge in [0.15, 0.2) is 5.75 Å². The van der Waals surface area contributed by atoms with E-state index in [2.05, 4.69) is 4.99 Å². The molecule has 3 aromatic carbocycles. The molecule has 0 aliphatic rings. The molecule has 0 saturated heterocycles. The Bertz CT molecular complexity index is 1140. The van der Waals surface area contributed by atoms with Gasteiger partial charge in [0.05, 0.1) is 10.7 Å². The van der Waals surface area contributed by atoms with Crippen molar-refractivity contribution in [2.75, 3.05) is 0 Å². The van der Waals surface area contributed by atoms with Crippen LogP contribution in [-0.2, 0) is 10.1 Å². The maximum Gasteiger partial charge on any atom is 0.339 e. The highest BCUT2D eigenvalue weighted by molar-refractivity contribution is 7.87. The summed E-state index contributed by atoms with van der Waals surface area (Å²) in [6.07, 6.45) is 1.61. The van der Waals surface area contributed by atoms with Crippen molar-refractivity contribution in [2.24, 2.45) is 4.99 Å². The molecule has 3 rings (SSSR count). The van der Waals surface area contributed by atoms with Crippen LogP contribution in [0.3, 0.4) is 0 Å². The summed E-state index contributed by atoms with van der Waals surface area (Å²) in [5, 5.41) is 1.16. The smallest absolute Gasteiger partial charge is 0.339 e. The molecule has 0 aromatic heterocycles. The zero-order chi connectivity index (χ0) is 20.3. The molecule has 0 atom stereocenters. The van der Waals surface area contributed by atoms with E-state index in [0.29, 0.717) is 15.6 Å². The van der Waals surface area contributed by atoms with Crippen molar-refractivity contribution < 1.29 is 12.6 Å². The van der Waals surface area contributed by atoms with Gasteiger partial charge in [-0.2, -0.15) is 8.42 Å². The van der Waals surface area contributed by atoms with E-state index in [4.69, 9.17) is 39.0 Å². The molecule has 8 heteroatoms. The summed E-state index contributed by atoms with van der Waals surface area (Å²) in [4.78, 5) is 4.38. The number of rotatable bonds is 5. The minimum absolute atomic E-state index is 0.0185. The predicted octanol–water partition coefficient (Wildman–Crippen LogP) is 6.47. The fourth-order valence-corrected chi connectivity index (χ4v) is 3.81. The van der Waals surface area contributed by atoms with Crippen LogP contribution in [-0.4, -0.2) is 14.6 Å². The predicted molar refractivity (Wildman–Crippen MR) is 114 cm³/mol. The average molecular weight is 455 g/mol. The second kappa shape index (κ2) is 8.53. The molecule has 0 N–H and O–H groups in total. The molecule has 0 fully saturated rings. The standard InChI is InChI=1S/C20H14Cl3NO3S/c1-13-2-4-16(22)11-19(13)24-12-14-3-9-20(18(23)10-14)27-28(25,26)17-7-5-15(21)6-8-17/h2-12H,1H3. The van der Waals surface area contributed by atoms with Crippen LogP contribution >= 0.6 is 34.8 Å². The lowest BCUT2D eigenvalue weighted by atomic mass is 10.2. The molecular formula is C20H14Cl3NO3S. The quantitative estimate of drug-likeness (QED) is 0.328. The van der Waals surface area contributed by atoms with E-state index in [1.807, 2.05) is 13.0 Å². The summed E-state index contributed by atoms with van der Waals surface area (Å²) in [6.45, 7) is 1.93. The Balaban J connectivity index is 1.81. The van der Waals surface area contributed by atoms with Crippen LogP contribution in [0, 0.1) is 6.92 Å². The lowest BCUT2D eigenvalue weighted by molar-refractivity contribution is 0.486. The fraction of sp³-hybridized carbons (Fsp3) is 0.0500. The highest BCUT2D eigenvalue weighted by Gasteiger charge is 2.18. The van der Waals surface area contributed by atoms with Gasteiger partial charge in [-0.25, -0.2) is 0 Å². The highest BCUT2D eigenvalue weighted by Crippen LogP contribution is 2.29. The maximum atomic E-state index is 12.4. The molecule has 4 nitrogen and oxygen atoms in total. The first-order valence-electron chi connectivity index (χ1n) is 8.04. The summed E-state index contributed by atoms with van der Waals surface area (Å²) in [5.41, 5.74) is 2.38. The molecule has 0 aliphatic carbocycles. The van der Waals surface area contributed by atoms with Crippen molar-refractivity contribution in [1.82, 2.24) is 0 Å². The SMILES string of the molecule is Cc1ccc(Cl)cc1N=Cc1ccc(OS(=O)(=O)c2ccc(Cl)cc2)c(Cl)c1. The van der Waals surface area contributed by atoms with Gasteiger partial charge in [-0.1, -0.05) is 40.9 Å². The summed E-state index contributed by atoms with van der Waals surface area (Å²) < 4.78 is 29.9. The van der Waals surface area contributed by atoms with Gasteiger partial charge in [-0.15, -0.1) is 0 Å². The molecular weight excluding hydrogens is 441 g/mol. The van der Waals surface area contributed by atoms with Crippen LogP contribution in [0.2, 0.25) is 15.1 Å². The summed E-state index contributed by atoms with van der Waals surface area (Å²) in [5.74, 6) is 0.0210. The molecule has 0 aliphatic heterocycles. The zero-order valence-corrected chi connectivity index (χ0v) is 17.6. The Morgan fingerprint density at radius 3 is 2.25 bits per heavy atom. The largest absolute Gasteiger partial charge is 0.377 e. The van der Waals surface area contributed by atoms with Crippen LogP contribution in [0.1, 0.15) is 11.1 Å². The average Bonchev–Trinajstić information content (AvgIpc) is 2.65. The van der Waals surface area contributed by atoms with Crippen molar-refractivity contribution >= 4 is 56.8 Å². The van der Waals surface area contributed by atoms with E-state index in [1.165, 1.54) is 30.3 Å². The van der Waals surface area contributed by atoms with E-state index in [9.17, 15) is 8.42 Å². The van der Waals surface area contributed by atoms with Crippen LogP contribution in [0.25, 0.3) is 0 Å². The summed E-state index contributed by atoms with van der Waals surface area (Å²) in [7, 11) is -4.02. The van der Waals surface area contributed by atoms with Gasteiger partial charge in [0.1, 0.15) is 4.90 Å². The van der Waals surface area contributed by atoms with Crippen LogP contribution in [0.5, 0.6) is 5.75 Å². The minimum Gasteiger partial charge on any atom is -0.377 e. The van der Waals surface area contributed by atoms with E-state index < -0.39 is 10.1 Å². The normalized spacial score (nSPS) is 11.7. The van der Waals surface area contributed by atoms with Crippen molar-refractivity contribution in [3.8, 4) is 5.75 Å². The minimum atomic E-state index is -4.02. The van der Waals surface area contributed by atoms with Crippen molar-refractivity contribution in [3.05, 3.63) is 86.9 Å². The van der Waals surface area contributed by atoms with Crippen molar-refractivity contribution in [1.29, 1.82) is 0 Å². The van der Waals surface area contributed by atoms with Gasteiger partial charge in [0.2, 0.25) is 0 Å². The molecule has 0 heterocycles. The zero-order valence-electron chi connectivity index (χ0n) is 14.6. The summed E-state index contributed by atoms with van der Waals surface area (Å²) >= 11 is 18.0. The number of hydrogen-bond donors (Lipinski definition) is 0. The Morgan fingerprint density at radius 2 is 1.57 bits per heavy atom. The molecule has 0 unspecified atom stereocenters. The first-order valence-corrected chi connectivity index (χ1v) is 10.6. The van der Waals surface area contributed by atoms with E-state index >= 15 is 0 Å². The second-order valence-electron chi connectivity index (χ2n) is 5.87. The number of halogens is 3. The highest BCUT2D eigenvalue weighted by atomic mass is 35.5. The molecule has 0 bridgehead atoms. The van der Waals surface area contributed by atoms with E-state index in [0.717, 1.165) is 11.3 Å². The Kier molecular flexibility index (Phi) is 6.30. The molecule has 28 heavy (non-hydrogen) atoms. The topological polar surface area (TPSA) is 55.7 Å². The van der Waals surface area contributed by atoms with Crippen molar-refractivity contribution in [3.63, 3.8) is 0 Å². The van der Waals surface area contributed by atoms with Gasteiger partial charge in [0.25, 0.3) is 0 Å². The monoisotopic (exact) mass is 453 g/mol. The fourth-order valence-electron chi connectivity index (χ4n) is 2.30. The first-order chi connectivity index (χ1) is 13.2. The number of hydrogen-bond acceptors (Lipinski definition) is 4. The molecule has 144 valence electrons. The van der Waals surface area contributed by atoms with Crippen LogP contribution in [0.4, 0.5) is 5.69 Å². The maximum absolute atomic E-state index is 12.4. The van der Waals surface area contributed by atoms with Gasteiger partial charge in [0, 0.05) is 16.3 Å². The lowest BCUT2D eigenvalue weighted by Crippen LogP contribution is -2.10. The molecule has 0 radical (unpaired) electrons. The number of aliphatic imine (C=N–C) groups is 1. The third kappa shape index (κ3) is 5.06. The van der Waals surface area contributed by atoms with Gasteiger partial charge in [-0.05, 0) is 72.6 Å². The second-order valence-corrected chi connectivity index (χ2v) is 8.70. The van der Waals surface area contributed by atoms with Crippen LogP contribution in [0.15, 0.2) is 70.6 Å². The van der Waals surface area contributed by atoms with E-state index in [1.54, 1.807) is 30.5 Å². The molecule has 0 spiro atoms. The Hall–Kier alpha value is -2.05. The third-order valence-corrected chi connectivity index (χ3v) is 5.81.